The van der Waals surface area contributed by atoms with Crippen molar-refractivity contribution >= 4 is 17.3 Å². The van der Waals surface area contributed by atoms with E-state index in [4.69, 9.17) is 5.73 Å². The van der Waals surface area contributed by atoms with Crippen LogP contribution in [0.1, 0.15) is 30.1 Å². The topological polar surface area (TPSA) is 61.6 Å². The molecule has 1 aliphatic rings. The largest absolute Gasteiger partial charge is 0.397 e. The highest BCUT2D eigenvalue weighted by atomic mass is 16.2. The minimum atomic E-state index is -0.0323. The van der Waals surface area contributed by atoms with Gasteiger partial charge in [0.25, 0.3) is 5.91 Å². The molecule has 1 fully saturated rings. The molecule has 5 nitrogen and oxygen atoms in total. The molecule has 21 heavy (non-hydrogen) atoms. The van der Waals surface area contributed by atoms with Gasteiger partial charge in [-0.2, -0.15) is 0 Å². The van der Waals surface area contributed by atoms with Crippen LogP contribution in [0.5, 0.6) is 0 Å². The van der Waals surface area contributed by atoms with E-state index in [1.165, 1.54) is 12.8 Å². The number of benzene rings is 1. The molecule has 1 amide bonds. The number of hydrogen-bond acceptors (Lipinski definition) is 4. The highest BCUT2D eigenvalue weighted by Crippen LogP contribution is 2.27. The lowest BCUT2D eigenvalue weighted by atomic mass is 10.1. The molecule has 116 valence electrons. The van der Waals surface area contributed by atoms with E-state index in [1.54, 1.807) is 25.1 Å². The van der Waals surface area contributed by atoms with Gasteiger partial charge in [0.15, 0.2) is 0 Å². The number of nitrogens with zero attached hydrogens (tertiary/aromatic N) is 2. The van der Waals surface area contributed by atoms with Crippen molar-refractivity contribution in [3.05, 3.63) is 23.8 Å². The molecule has 0 spiro atoms. The summed E-state index contributed by atoms with van der Waals surface area (Å²) in [6.07, 6.45) is 2.62. The fourth-order valence-corrected chi connectivity index (χ4v) is 2.36. The van der Waals surface area contributed by atoms with Crippen molar-refractivity contribution in [3.8, 4) is 0 Å². The van der Waals surface area contributed by atoms with Crippen LogP contribution in [0.2, 0.25) is 0 Å². The first-order valence-electron chi connectivity index (χ1n) is 7.47. The Morgan fingerprint density at radius 2 is 2.05 bits per heavy atom. The van der Waals surface area contributed by atoms with Gasteiger partial charge in [-0.15, -0.1) is 0 Å². The lowest BCUT2D eigenvalue weighted by Gasteiger charge is -2.25. The van der Waals surface area contributed by atoms with Crippen molar-refractivity contribution in [3.63, 3.8) is 0 Å². The Morgan fingerprint density at radius 3 is 2.57 bits per heavy atom. The molecule has 1 aromatic rings. The lowest BCUT2D eigenvalue weighted by molar-refractivity contribution is 0.0827. The highest BCUT2D eigenvalue weighted by molar-refractivity contribution is 5.95. The normalized spacial score (nSPS) is 15.9. The Labute approximate surface area is 127 Å². The molecule has 1 saturated carbocycles. The van der Waals surface area contributed by atoms with E-state index < -0.39 is 0 Å². The molecule has 5 heteroatoms. The summed E-state index contributed by atoms with van der Waals surface area (Å²) < 4.78 is 0. The number of rotatable bonds is 6. The summed E-state index contributed by atoms with van der Waals surface area (Å²) in [5.41, 5.74) is 8.17. The zero-order valence-corrected chi connectivity index (χ0v) is 13.4. The average Bonchev–Trinajstić information content (AvgIpc) is 3.28. The summed E-state index contributed by atoms with van der Waals surface area (Å²) in [4.78, 5) is 15.8. The number of nitrogen functional groups attached to an aromatic ring is 1. The first-order chi connectivity index (χ1) is 9.90. The standard InChI is InChI=1S/C16H26N4O/c1-11(20(4)13-6-7-13)10-18-15-8-5-12(9-14(15)17)16(21)19(2)3/h5,8-9,11,13,18H,6-7,10,17H2,1-4H3. The molecule has 0 radical (unpaired) electrons. The van der Waals surface area contributed by atoms with Crippen molar-refractivity contribution in [2.75, 3.05) is 38.7 Å². The maximum atomic E-state index is 11.9. The first-order valence-corrected chi connectivity index (χ1v) is 7.47. The Hall–Kier alpha value is -1.75. The molecule has 0 bridgehead atoms. The summed E-state index contributed by atoms with van der Waals surface area (Å²) in [6, 6.07) is 6.64. The van der Waals surface area contributed by atoms with Crippen LogP contribution in [0.3, 0.4) is 0 Å². The second-order valence-electron chi connectivity index (χ2n) is 6.13. The van der Waals surface area contributed by atoms with Crippen LogP contribution >= 0.6 is 0 Å². The van der Waals surface area contributed by atoms with Crippen molar-refractivity contribution in [2.24, 2.45) is 0 Å². The minimum Gasteiger partial charge on any atom is -0.397 e. The predicted molar refractivity (Wildman–Crippen MR) is 87.6 cm³/mol. The third-order valence-corrected chi connectivity index (χ3v) is 4.11. The third kappa shape index (κ3) is 3.88. The number of carbonyl (C=O) groups is 1. The van der Waals surface area contributed by atoms with Gasteiger partial charge in [-0.1, -0.05) is 0 Å². The van der Waals surface area contributed by atoms with E-state index in [0.717, 1.165) is 18.3 Å². The van der Waals surface area contributed by atoms with E-state index in [2.05, 4.69) is 24.2 Å². The van der Waals surface area contributed by atoms with Gasteiger partial charge in [0, 0.05) is 38.3 Å². The fraction of sp³-hybridized carbons (Fsp3) is 0.562. The maximum Gasteiger partial charge on any atom is 0.253 e. The van der Waals surface area contributed by atoms with Gasteiger partial charge < -0.3 is 16.0 Å². The van der Waals surface area contributed by atoms with E-state index in [0.29, 0.717) is 17.3 Å². The van der Waals surface area contributed by atoms with Crippen LogP contribution in [-0.2, 0) is 0 Å². The molecule has 0 aromatic heterocycles. The van der Waals surface area contributed by atoms with E-state index in [1.807, 2.05) is 12.1 Å². The number of likely N-dealkylation sites (N-methyl/N-ethyl adjacent to an activating group) is 1. The second-order valence-corrected chi connectivity index (χ2v) is 6.13. The molecule has 1 aromatic carbocycles. The van der Waals surface area contributed by atoms with Gasteiger partial charge in [-0.3, -0.25) is 9.69 Å². The number of carbonyl (C=O) groups excluding carboxylic acids is 1. The van der Waals surface area contributed by atoms with Crippen molar-refractivity contribution in [1.82, 2.24) is 9.80 Å². The monoisotopic (exact) mass is 290 g/mol. The molecule has 0 saturated heterocycles. The van der Waals surface area contributed by atoms with Crippen LogP contribution in [-0.4, -0.2) is 55.5 Å². The molecule has 1 unspecified atom stereocenters. The Balaban J connectivity index is 1.96. The fourth-order valence-electron chi connectivity index (χ4n) is 2.36. The van der Waals surface area contributed by atoms with Crippen molar-refractivity contribution in [2.45, 2.75) is 31.8 Å². The zero-order chi connectivity index (χ0) is 15.6. The van der Waals surface area contributed by atoms with Crippen molar-refractivity contribution < 1.29 is 4.79 Å². The highest BCUT2D eigenvalue weighted by Gasteiger charge is 2.28. The van der Waals surface area contributed by atoms with Gasteiger partial charge in [-0.25, -0.2) is 0 Å². The summed E-state index contributed by atoms with van der Waals surface area (Å²) >= 11 is 0. The van der Waals surface area contributed by atoms with Crippen LogP contribution < -0.4 is 11.1 Å². The molecule has 3 N–H and O–H groups in total. The minimum absolute atomic E-state index is 0.0323. The summed E-state index contributed by atoms with van der Waals surface area (Å²) in [7, 11) is 5.65. The van der Waals surface area contributed by atoms with Crippen LogP contribution in [0, 0.1) is 0 Å². The number of nitrogens with one attached hydrogen (secondary N) is 1. The van der Waals surface area contributed by atoms with Crippen LogP contribution in [0.4, 0.5) is 11.4 Å². The number of nitrogens with two attached hydrogens (primary N) is 1. The van der Waals surface area contributed by atoms with Crippen molar-refractivity contribution in [1.29, 1.82) is 0 Å². The van der Waals surface area contributed by atoms with Gasteiger partial charge in [0.2, 0.25) is 0 Å². The van der Waals surface area contributed by atoms with Crippen LogP contribution in [0.15, 0.2) is 18.2 Å². The molecular weight excluding hydrogens is 264 g/mol. The van der Waals surface area contributed by atoms with Gasteiger partial charge in [-0.05, 0) is 45.0 Å². The zero-order valence-electron chi connectivity index (χ0n) is 13.4. The van der Waals surface area contributed by atoms with E-state index in [9.17, 15) is 4.79 Å². The van der Waals surface area contributed by atoms with Gasteiger partial charge >= 0.3 is 0 Å². The van der Waals surface area contributed by atoms with E-state index in [-0.39, 0.29) is 5.91 Å². The molecule has 1 aliphatic carbocycles. The Bertz CT molecular complexity index is 511. The molecule has 2 rings (SSSR count). The molecule has 1 atom stereocenters. The summed E-state index contributed by atoms with van der Waals surface area (Å²) in [5.74, 6) is -0.0323. The maximum absolute atomic E-state index is 11.9. The predicted octanol–water partition coefficient (Wildman–Crippen LogP) is 1.87. The van der Waals surface area contributed by atoms with E-state index >= 15 is 0 Å². The summed E-state index contributed by atoms with van der Waals surface area (Å²) in [6.45, 7) is 3.06. The average molecular weight is 290 g/mol. The van der Waals surface area contributed by atoms with Gasteiger partial charge in [0.05, 0.1) is 11.4 Å². The smallest absolute Gasteiger partial charge is 0.253 e. The number of amides is 1. The SMILES string of the molecule is CC(CNc1ccc(C(=O)N(C)C)cc1N)N(C)C1CC1. The third-order valence-electron chi connectivity index (χ3n) is 4.11. The first kappa shape index (κ1) is 15.6. The Kier molecular flexibility index (Phi) is 4.73. The van der Waals surface area contributed by atoms with Crippen LogP contribution in [0.25, 0.3) is 0 Å². The molecular formula is C16H26N4O. The molecule has 0 heterocycles. The Morgan fingerprint density at radius 1 is 1.38 bits per heavy atom. The molecule has 0 aliphatic heterocycles. The quantitative estimate of drug-likeness (QED) is 0.785. The number of anilines is 2. The lowest BCUT2D eigenvalue weighted by Crippen LogP contribution is -2.36. The second kappa shape index (κ2) is 6.35. The summed E-state index contributed by atoms with van der Waals surface area (Å²) in [5, 5.41) is 3.38. The van der Waals surface area contributed by atoms with Gasteiger partial charge in [0.1, 0.15) is 0 Å². The number of hydrogen-bond donors (Lipinski definition) is 2.